The number of hydrogen-bond acceptors (Lipinski definition) is 3. The zero-order valence-corrected chi connectivity index (χ0v) is 8.88. The third kappa shape index (κ3) is 2.25. The van der Waals surface area contributed by atoms with E-state index in [1.54, 1.807) is 7.11 Å². The molecule has 0 spiro atoms. The van der Waals surface area contributed by atoms with Crippen molar-refractivity contribution in [2.45, 2.75) is 44.2 Å². The van der Waals surface area contributed by atoms with Crippen LogP contribution in [0.5, 0.6) is 0 Å². The quantitative estimate of drug-likeness (QED) is 0.712. The van der Waals surface area contributed by atoms with Crippen LogP contribution in [0.1, 0.15) is 32.6 Å². The van der Waals surface area contributed by atoms with Gasteiger partial charge in [0.1, 0.15) is 5.54 Å². The molecule has 0 saturated heterocycles. The van der Waals surface area contributed by atoms with Crippen LogP contribution in [0.25, 0.3) is 0 Å². The van der Waals surface area contributed by atoms with E-state index < -0.39 is 11.5 Å². The Morgan fingerprint density at radius 3 is 2.50 bits per heavy atom. The van der Waals surface area contributed by atoms with Gasteiger partial charge < -0.3 is 15.2 Å². The topological polar surface area (TPSA) is 58.6 Å². The lowest BCUT2D eigenvalue weighted by Gasteiger charge is -2.36. The average molecular weight is 201 g/mol. The lowest BCUT2D eigenvalue weighted by molar-refractivity contribution is -0.147. The monoisotopic (exact) mass is 201 g/mol. The number of ether oxygens (including phenoxy) is 1. The lowest BCUT2D eigenvalue weighted by atomic mass is 9.80. The highest BCUT2D eigenvalue weighted by Gasteiger charge is 2.41. The van der Waals surface area contributed by atoms with E-state index in [0.29, 0.717) is 19.4 Å². The number of carboxylic acid groups (broad SMARTS) is 1. The van der Waals surface area contributed by atoms with Crippen molar-refractivity contribution in [3.63, 3.8) is 0 Å². The summed E-state index contributed by atoms with van der Waals surface area (Å²) in [6, 6.07) is 0. The van der Waals surface area contributed by atoms with Gasteiger partial charge in [-0.2, -0.15) is 0 Å². The molecule has 1 fully saturated rings. The number of methoxy groups -OCH3 is 1. The van der Waals surface area contributed by atoms with Gasteiger partial charge in [-0.15, -0.1) is 0 Å². The van der Waals surface area contributed by atoms with E-state index in [0.717, 1.165) is 12.8 Å². The van der Waals surface area contributed by atoms with Gasteiger partial charge in [-0.3, -0.25) is 4.79 Å². The van der Waals surface area contributed by atoms with Crippen LogP contribution in [0.15, 0.2) is 0 Å². The van der Waals surface area contributed by atoms with Gasteiger partial charge in [0.05, 0.1) is 6.10 Å². The summed E-state index contributed by atoms with van der Waals surface area (Å²) in [4.78, 5) is 11.2. The number of likely N-dealkylation sites (N-methyl/N-ethyl adjacent to an activating group) is 1. The van der Waals surface area contributed by atoms with Crippen molar-refractivity contribution in [1.29, 1.82) is 0 Å². The summed E-state index contributed by atoms with van der Waals surface area (Å²) in [6.07, 6.45) is 3.22. The predicted octanol–water partition coefficient (Wildman–Crippen LogP) is 1.01. The normalized spacial score (nSPS) is 32.9. The van der Waals surface area contributed by atoms with E-state index >= 15 is 0 Å². The van der Waals surface area contributed by atoms with Crippen LogP contribution in [0, 0.1) is 0 Å². The fourth-order valence-corrected chi connectivity index (χ4v) is 2.12. The van der Waals surface area contributed by atoms with Gasteiger partial charge in [0, 0.05) is 7.11 Å². The Morgan fingerprint density at radius 1 is 1.57 bits per heavy atom. The highest BCUT2D eigenvalue weighted by molar-refractivity contribution is 5.78. The van der Waals surface area contributed by atoms with Crippen molar-refractivity contribution in [2.75, 3.05) is 13.7 Å². The van der Waals surface area contributed by atoms with Crippen LogP contribution in [0.3, 0.4) is 0 Å². The summed E-state index contributed by atoms with van der Waals surface area (Å²) in [7, 11) is 1.69. The summed E-state index contributed by atoms with van der Waals surface area (Å²) in [5, 5.41) is 12.3. The Labute approximate surface area is 84.6 Å². The summed E-state index contributed by atoms with van der Waals surface area (Å²) in [5.41, 5.74) is -0.705. The molecule has 1 aliphatic rings. The Bertz CT molecular complexity index is 198. The van der Waals surface area contributed by atoms with E-state index in [2.05, 4.69) is 5.32 Å². The highest BCUT2D eigenvalue weighted by Crippen LogP contribution is 2.29. The number of carbonyl (C=O) groups is 1. The maximum atomic E-state index is 11.2. The number of nitrogens with one attached hydrogen (secondary N) is 1. The molecule has 2 N–H and O–H groups in total. The van der Waals surface area contributed by atoms with Gasteiger partial charge in [0.2, 0.25) is 0 Å². The molecule has 1 saturated carbocycles. The molecule has 0 amide bonds. The van der Waals surface area contributed by atoms with Gasteiger partial charge in [0.15, 0.2) is 0 Å². The van der Waals surface area contributed by atoms with Crippen LogP contribution in [-0.2, 0) is 9.53 Å². The predicted molar refractivity (Wildman–Crippen MR) is 53.3 cm³/mol. The Kier molecular flexibility index (Phi) is 3.89. The van der Waals surface area contributed by atoms with Crippen molar-refractivity contribution >= 4 is 5.97 Å². The maximum Gasteiger partial charge on any atom is 0.323 e. The molecule has 4 nitrogen and oxygen atoms in total. The summed E-state index contributed by atoms with van der Waals surface area (Å²) >= 11 is 0. The molecule has 4 heteroatoms. The molecule has 1 aliphatic carbocycles. The average Bonchev–Trinajstić information content (AvgIpc) is 2.19. The Morgan fingerprint density at radius 2 is 2.14 bits per heavy atom. The molecule has 0 radical (unpaired) electrons. The molecular weight excluding hydrogens is 182 g/mol. The van der Waals surface area contributed by atoms with Crippen LogP contribution >= 0.6 is 0 Å². The SMILES string of the molecule is CCNC1(C(=O)O)CCC(OC)CC1. The van der Waals surface area contributed by atoms with Crippen molar-refractivity contribution in [3.8, 4) is 0 Å². The van der Waals surface area contributed by atoms with E-state index in [9.17, 15) is 9.90 Å². The summed E-state index contributed by atoms with van der Waals surface area (Å²) < 4.78 is 5.22. The first kappa shape index (κ1) is 11.5. The van der Waals surface area contributed by atoms with Gasteiger partial charge in [-0.05, 0) is 32.2 Å². The van der Waals surface area contributed by atoms with Crippen LogP contribution in [0.4, 0.5) is 0 Å². The van der Waals surface area contributed by atoms with Crippen molar-refractivity contribution in [3.05, 3.63) is 0 Å². The molecule has 0 aliphatic heterocycles. The van der Waals surface area contributed by atoms with E-state index in [4.69, 9.17) is 4.74 Å². The standard InChI is InChI=1S/C10H19NO3/c1-3-11-10(9(12)13)6-4-8(14-2)5-7-10/h8,11H,3-7H2,1-2H3,(H,12,13). The first-order valence-corrected chi connectivity index (χ1v) is 5.16. The fourth-order valence-electron chi connectivity index (χ4n) is 2.12. The second-order valence-electron chi connectivity index (χ2n) is 3.85. The number of aliphatic carboxylic acids is 1. The van der Waals surface area contributed by atoms with Crippen molar-refractivity contribution < 1.29 is 14.6 Å². The van der Waals surface area contributed by atoms with Crippen molar-refractivity contribution in [1.82, 2.24) is 5.32 Å². The summed E-state index contributed by atoms with van der Waals surface area (Å²) in [6.45, 7) is 2.64. The smallest absolute Gasteiger partial charge is 0.323 e. The van der Waals surface area contributed by atoms with Crippen LogP contribution < -0.4 is 5.32 Å². The third-order valence-corrected chi connectivity index (χ3v) is 3.04. The van der Waals surface area contributed by atoms with Gasteiger partial charge in [0.25, 0.3) is 0 Å². The molecule has 0 bridgehead atoms. The molecule has 0 atom stereocenters. The number of hydrogen-bond donors (Lipinski definition) is 2. The first-order valence-electron chi connectivity index (χ1n) is 5.16. The number of carboxylic acids is 1. The van der Waals surface area contributed by atoms with Gasteiger partial charge >= 0.3 is 5.97 Å². The number of rotatable bonds is 4. The van der Waals surface area contributed by atoms with Gasteiger partial charge in [-0.1, -0.05) is 6.92 Å². The Balaban J connectivity index is 2.59. The van der Waals surface area contributed by atoms with Crippen molar-refractivity contribution in [2.24, 2.45) is 0 Å². The van der Waals surface area contributed by atoms with Crippen LogP contribution in [0.2, 0.25) is 0 Å². The summed E-state index contributed by atoms with van der Waals surface area (Å²) in [5.74, 6) is -0.728. The zero-order valence-electron chi connectivity index (χ0n) is 8.88. The zero-order chi connectivity index (χ0) is 10.6. The minimum Gasteiger partial charge on any atom is -0.480 e. The molecule has 0 unspecified atom stereocenters. The molecule has 1 rings (SSSR count). The van der Waals surface area contributed by atoms with E-state index in [1.165, 1.54) is 0 Å². The van der Waals surface area contributed by atoms with E-state index in [1.807, 2.05) is 6.92 Å². The minimum absolute atomic E-state index is 0.237. The molecule has 0 heterocycles. The molecule has 0 aromatic carbocycles. The molecular formula is C10H19NO3. The van der Waals surface area contributed by atoms with Gasteiger partial charge in [-0.25, -0.2) is 0 Å². The lowest BCUT2D eigenvalue weighted by Crippen LogP contribution is -2.54. The highest BCUT2D eigenvalue weighted by atomic mass is 16.5. The molecule has 0 aromatic rings. The first-order chi connectivity index (χ1) is 6.64. The van der Waals surface area contributed by atoms with Crippen LogP contribution in [-0.4, -0.2) is 36.4 Å². The maximum absolute atomic E-state index is 11.2. The fraction of sp³-hybridized carbons (Fsp3) is 0.900. The van der Waals surface area contributed by atoms with E-state index in [-0.39, 0.29) is 6.10 Å². The molecule has 0 aromatic heterocycles. The molecule has 14 heavy (non-hydrogen) atoms. The molecule has 82 valence electrons. The second kappa shape index (κ2) is 4.75. The second-order valence-corrected chi connectivity index (χ2v) is 3.85. The Hall–Kier alpha value is -0.610. The largest absolute Gasteiger partial charge is 0.480 e. The third-order valence-electron chi connectivity index (χ3n) is 3.04. The minimum atomic E-state index is -0.728.